The molecule has 0 saturated heterocycles. The first-order valence-electron chi connectivity index (χ1n) is 5.27. The van der Waals surface area contributed by atoms with Gasteiger partial charge in [-0.15, -0.1) is 0 Å². The van der Waals surface area contributed by atoms with E-state index < -0.39 is 0 Å². The molecule has 1 rings (SSSR count). The van der Waals surface area contributed by atoms with E-state index in [1.165, 1.54) is 6.07 Å². The van der Waals surface area contributed by atoms with Gasteiger partial charge >= 0.3 is 0 Å². The zero-order valence-electron chi connectivity index (χ0n) is 9.13. The minimum atomic E-state index is -0.160. The summed E-state index contributed by atoms with van der Waals surface area (Å²) in [4.78, 5) is 0. The Morgan fingerprint density at radius 2 is 2.20 bits per heavy atom. The first-order chi connectivity index (χ1) is 7.33. The second kappa shape index (κ2) is 7.37. The Hall–Kier alpha value is -0.930. The van der Waals surface area contributed by atoms with Crippen molar-refractivity contribution in [3.05, 3.63) is 35.6 Å². The molecule has 0 aromatic heterocycles. The van der Waals surface area contributed by atoms with Crippen molar-refractivity contribution in [2.24, 2.45) is 0 Å². The number of hydrogen-bond donors (Lipinski definition) is 1. The highest BCUT2D eigenvalue weighted by Crippen LogP contribution is 2.03. The monoisotopic (exact) mass is 211 g/mol. The van der Waals surface area contributed by atoms with Crippen LogP contribution in [0, 0.1) is 5.82 Å². The lowest BCUT2D eigenvalue weighted by molar-refractivity contribution is 0.194. The fraction of sp³-hybridized carbons (Fsp3) is 0.500. The van der Waals surface area contributed by atoms with Gasteiger partial charge in [-0.1, -0.05) is 12.1 Å². The van der Waals surface area contributed by atoms with Gasteiger partial charge in [-0.3, -0.25) is 0 Å². The van der Waals surface area contributed by atoms with Crippen LogP contribution in [0.25, 0.3) is 0 Å². The second-order valence-corrected chi connectivity index (χ2v) is 3.48. The smallest absolute Gasteiger partial charge is 0.123 e. The number of methoxy groups -OCH3 is 1. The highest BCUT2D eigenvalue weighted by atomic mass is 19.1. The third-order valence-electron chi connectivity index (χ3n) is 2.18. The molecule has 0 saturated carbocycles. The highest BCUT2D eigenvalue weighted by Gasteiger charge is 1.94. The van der Waals surface area contributed by atoms with Gasteiger partial charge in [0.2, 0.25) is 0 Å². The van der Waals surface area contributed by atoms with E-state index in [9.17, 15) is 4.39 Å². The fourth-order valence-corrected chi connectivity index (χ4v) is 1.39. The number of benzene rings is 1. The average molecular weight is 211 g/mol. The van der Waals surface area contributed by atoms with E-state index in [0.717, 1.165) is 38.1 Å². The molecule has 0 aliphatic carbocycles. The average Bonchev–Trinajstić information content (AvgIpc) is 2.23. The minimum Gasteiger partial charge on any atom is -0.385 e. The molecule has 0 bridgehead atoms. The van der Waals surface area contributed by atoms with E-state index in [-0.39, 0.29) is 5.82 Å². The van der Waals surface area contributed by atoms with Crippen LogP contribution in [-0.4, -0.2) is 26.8 Å². The van der Waals surface area contributed by atoms with Gasteiger partial charge in [0.1, 0.15) is 5.82 Å². The van der Waals surface area contributed by atoms with Gasteiger partial charge in [0.15, 0.2) is 0 Å². The molecule has 0 aliphatic heterocycles. The topological polar surface area (TPSA) is 21.3 Å². The first-order valence-corrected chi connectivity index (χ1v) is 5.27. The Bertz CT molecular complexity index is 278. The molecule has 0 fully saturated rings. The Labute approximate surface area is 90.4 Å². The lowest BCUT2D eigenvalue weighted by atomic mass is 10.1. The third-order valence-corrected chi connectivity index (χ3v) is 2.18. The molecule has 84 valence electrons. The zero-order valence-corrected chi connectivity index (χ0v) is 9.13. The molecule has 0 atom stereocenters. The van der Waals surface area contributed by atoms with E-state index in [2.05, 4.69) is 5.32 Å². The van der Waals surface area contributed by atoms with Crippen LogP contribution in [0.2, 0.25) is 0 Å². The summed E-state index contributed by atoms with van der Waals surface area (Å²) in [7, 11) is 1.70. The third kappa shape index (κ3) is 5.50. The summed E-state index contributed by atoms with van der Waals surface area (Å²) in [5.41, 5.74) is 1.04. The summed E-state index contributed by atoms with van der Waals surface area (Å²) in [6.07, 6.45) is 1.88. The van der Waals surface area contributed by atoms with E-state index >= 15 is 0 Å². The van der Waals surface area contributed by atoms with Crippen molar-refractivity contribution >= 4 is 0 Å². The van der Waals surface area contributed by atoms with Gasteiger partial charge < -0.3 is 10.1 Å². The van der Waals surface area contributed by atoms with Gasteiger partial charge in [-0.2, -0.15) is 0 Å². The maximum absolute atomic E-state index is 12.8. The van der Waals surface area contributed by atoms with Crippen LogP contribution < -0.4 is 5.32 Å². The predicted molar refractivity (Wildman–Crippen MR) is 59.5 cm³/mol. The maximum atomic E-state index is 12.8. The van der Waals surface area contributed by atoms with Gasteiger partial charge in [-0.25, -0.2) is 4.39 Å². The Morgan fingerprint density at radius 3 is 2.93 bits per heavy atom. The molecule has 15 heavy (non-hydrogen) atoms. The van der Waals surface area contributed by atoms with E-state index in [1.807, 2.05) is 6.07 Å². The quantitative estimate of drug-likeness (QED) is 0.696. The van der Waals surface area contributed by atoms with Crippen molar-refractivity contribution in [2.75, 3.05) is 26.8 Å². The number of hydrogen-bond acceptors (Lipinski definition) is 2. The molecule has 1 aromatic carbocycles. The van der Waals surface area contributed by atoms with Crippen LogP contribution in [0.1, 0.15) is 12.0 Å². The number of rotatable bonds is 7. The van der Waals surface area contributed by atoms with Gasteiger partial charge in [0.05, 0.1) is 0 Å². The molecule has 0 amide bonds. The summed E-state index contributed by atoms with van der Waals surface area (Å²) in [6, 6.07) is 6.74. The molecule has 0 radical (unpaired) electrons. The van der Waals surface area contributed by atoms with Crippen molar-refractivity contribution in [3.8, 4) is 0 Å². The van der Waals surface area contributed by atoms with E-state index in [0.29, 0.717) is 0 Å². The zero-order chi connectivity index (χ0) is 10.9. The van der Waals surface area contributed by atoms with Crippen LogP contribution >= 0.6 is 0 Å². The molecule has 1 N–H and O–H groups in total. The molecule has 2 nitrogen and oxygen atoms in total. The normalized spacial score (nSPS) is 10.5. The van der Waals surface area contributed by atoms with Gasteiger partial charge in [0, 0.05) is 13.7 Å². The standard InChI is InChI=1S/C12H18FNO/c1-15-9-3-7-14-8-6-11-4-2-5-12(13)10-11/h2,4-5,10,14H,3,6-9H2,1H3. The maximum Gasteiger partial charge on any atom is 0.123 e. The lowest BCUT2D eigenvalue weighted by Gasteiger charge is -2.04. The van der Waals surface area contributed by atoms with Crippen LogP contribution in [0.3, 0.4) is 0 Å². The second-order valence-electron chi connectivity index (χ2n) is 3.48. The van der Waals surface area contributed by atoms with E-state index in [1.54, 1.807) is 19.2 Å². The van der Waals surface area contributed by atoms with Crippen molar-refractivity contribution < 1.29 is 9.13 Å². The number of halogens is 1. The predicted octanol–water partition coefficient (Wildman–Crippen LogP) is 1.99. The lowest BCUT2D eigenvalue weighted by Crippen LogP contribution is -2.19. The summed E-state index contributed by atoms with van der Waals surface area (Å²) in [6.45, 7) is 2.61. The molecular formula is C12H18FNO. The van der Waals surface area contributed by atoms with Crippen LogP contribution in [0.15, 0.2) is 24.3 Å². The molecular weight excluding hydrogens is 193 g/mol. The molecule has 0 heterocycles. The largest absolute Gasteiger partial charge is 0.385 e. The summed E-state index contributed by atoms with van der Waals surface area (Å²) >= 11 is 0. The van der Waals surface area contributed by atoms with Crippen LogP contribution in [0.5, 0.6) is 0 Å². The minimum absolute atomic E-state index is 0.160. The van der Waals surface area contributed by atoms with Crippen LogP contribution in [0.4, 0.5) is 4.39 Å². The molecule has 3 heteroatoms. The SMILES string of the molecule is COCCCNCCc1cccc(F)c1. The van der Waals surface area contributed by atoms with Crippen molar-refractivity contribution in [1.82, 2.24) is 5.32 Å². The Balaban J connectivity index is 2.10. The fourth-order valence-electron chi connectivity index (χ4n) is 1.39. The summed E-state index contributed by atoms with van der Waals surface area (Å²) in [5, 5.41) is 3.29. The molecule has 0 spiro atoms. The Kier molecular flexibility index (Phi) is 5.97. The van der Waals surface area contributed by atoms with Gasteiger partial charge in [-0.05, 0) is 43.6 Å². The number of nitrogens with one attached hydrogen (secondary N) is 1. The van der Waals surface area contributed by atoms with Crippen LogP contribution in [-0.2, 0) is 11.2 Å². The molecule has 0 unspecified atom stereocenters. The molecule has 0 aliphatic rings. The summed E-state index contributed by atoms with van der Waals surface area (Å²) in [5.74, 6) is -0.160. The Morgan fingerprint density at radius 1 is 1.33 bits per heavy atom. The van der Waals surface area contributed by atoms with Crippen molar-refractivity contribution in [2.45, 2.75) is 12.8 Å². The van der Waals surface area contributed by atoms with Crippen molar-refractivity contribution in [1.29, 1.82) is 0 Å². The van der Waals surface area contributed by atoms with E-state index in [4.69, 9.17) is 4.74 Å². The summed E-state index contributed by atoms with van der Waals surface area (Å²) < 4.78 is 17.7. The molecule has 1 aromatic rings. The van der Waals surface area contributed by atoms with Gasteiger partial charge in [0.25, 0.3) is 0 Å². The highest BCUT2D eigenvalue weighted by molar-refractivity contribution is 5.16. The van der Waals surface area contributed by atoms with Crippen molar-refractivity contribution in [3.63, 3.8) is 0 Å². The number of ether oxygens (including phenoxy) is 1. The first kappa shape index (κ1) is 12.1.